The van der Waals surface area contributed by atoms with E-state index < -0.39 is 0 Å². The number of anilines is 2. The summed E-state index contributed by atoms with van der Waals surface area (Å²) >= 11 is 2.14. The van der Waals surface area contributed by atoms with E-state index in [0.717, 1.165) is 9.26 Å². The number of hydrogen-bond donors (Lipinski definition) is 3. The third-order valence-corrected chi connectivity index (χ3v) is 3.21. The van der Waals surface area contributed by atoms with Crippen molar-refractivity contribution in [2.45, 2.75) is 0 Å². The van der Waals surface area contributed by atoms with Gasteiger partial charge in [0, 0.05) is 3.57 Å². The predicted molar refractivity (Wildman–Crippen MR) is 79.9 cm³/mol. The van der Waals surface area contributed by atoms with E-state index in [1.807, 2.05) is 24.3 Å². The summed E-state index contributed by atoms with van der Waals surface area (Å²) in [4.78, 5) is 11.7. The Hall–Kier alpha value is -1.76. The molecule has 0 aliphatic carbocycles. The maximum atomic E-state index is 11.7. The lowest BCUT2D eigenvalue weighted by Gasteiger charge is -2.09. The smallest absolute Gasteiger partial charge is 0.323 e. The average molecular weight is 354 g/mol. The molecule has 0 aliphatic rings. The third kappa shape index (κ3) is 3.13. The fraction of sp³-hybridized carbons (Fsp3) is 0. The van der Waals surface area contributed by atoms with Gasteiger partial charge in [-0.2, -0.15) is 0 Å². The van der Waals surface area contributed by atoms with Crippen molar-refractivity contribution in [3.05, 3.63) is 52.1 Å². The van der Waals surface area contributed by atoms with Crippen molar-refractivity contribution in [1.82, 2.24) is 0 Å². The summed E-state index contributed by atoms with van der Waals surface area (Å²) in [6.07, 6.45) is 0. The number of rotatable bonds is 2. The molecule has 2 rings (SSSR count). The Labute approximate surface area is 118 Å². The maximum Gasteiger partial charge on any atom is 0.323 e. The number of benzene rings is 2. The van der Waals surface area contributed by atoms with E-state index in [-0.39, 0.29) is 11.8 Å². The van der Waals surface area contributed by atoms with Gasteiger partial charge in [-0.15, -0.1) is 0 Å². The second-order valence-electron chi connectivity index (χ2n) is 3.58. The predicted octanol–water partition coefficient (Wildman–Crippen LogP) is 3.64. The van der Waals surface area contributed by atoms with Gasteiger partial charge in [0.05, 0.1) is 11.4 Å². The first-order chi connectivity index (χ1) is 8.66. The van der Waals surface area contributed by atoms with Gasteiger partial charge in [-0.25, -0.2) is 4.79 Å². The number of carbonyl (C=O) groups excluding carboxylic acids is 1. The average Bonchev–Trinajstić information content (AvgIpc) is 2.35. The Morgan fingerprint density at radius 2 is 1.50 bits per heavy atom. The van der Waals surface area contributed by atoms with E-state index in [4.69, 9.17) is 0 Å². The summed E-state index contributed by atoms with van der Waals surface area (Å²) in [5.74, 6) is 0.0374. The molecule has 2 amide bonds. The number of phenolic OH excluding ortho intramolecular Hbond substituents is 1. The van der Waals surface area contributed by atoms with Gasteiger partial charge in [-0.05, 0) is 46.9 Å². The van der Waals surface area contributed by atoms with Gasteiger partial charge in [-0.1, -0.05) is 24.3 Å². The molecule has 0 aliphatic heterocycles. The molecule has 0 atom stereocenters. The van der Waals surface area contributed by atoms with E-state index in [9.17, 15) is 9.90 Å². The third-order valence-electron chi connectivity index (χ3n) is 2.27. The first-order valence-corrected chi connectivity index (χ1v) is 6.35. The zero-order valence-electron chi connectivity index (χ0n) is 9.35. The van der Waals surface area contributed by atoms with E-state index >= 15 is 0 Å². The van der Waals surface area contributed by atoms with Crippen molar-refractivity contribution in [2.75, 3.05) is 10.6 Å². The van der Waals surface area contributed by atoms with Crippen LogP contribution >= 0.6 is 22.6 Å². The van der Waals surface area contributed by atoms with Crippen molar-refractivity contribution in [3.8, 4) is 5.75 Å². The summed E-state index contributed by atoms with van der Waals surface area (Å²) in [6.45, 7) is 0. The van der Waals surface area contributed by atoms with Crippen molar-refractivity contribution in [3.63, 3.8) is 0 Å². The van der Waals surface area contributed by atoms with E-state index in [1.165, 1.54) is 6.07 Å². The molecule has 0 unspecified atom stereocenters. The SMILES string of the molecule is O=C(Nc1ccccc1O)Nc1ccccc1I. The van der Waals surface area contributed by atoms with Crippen LogP contribution in [0, 0.1) is 3.57 Å². The fourth-order valence-corrected chi connectivity index (χ4v) is 1.94. The van der Waals surface area contributed by atoms with Gasteiger partial charge >= 0.3 is 6.03 Å². The molecular weight excluding hydrogens is 343 g/mol. The Morgan fingerprint density at radius 1 is 0.944 bits per heavy atom. The molecule has 4 nitrogen and oxygen atoms in total. The normalized spacial score (nSPS) is 9.83. The maximum absolute atomic E-state index is 11.7. The number of urea groups is 1. The van der Waals surface area contributed by atoms with Gasteiger partial charge in [0.2, 0.25) is 0 Å². The van der Waals surface area contributed by atoms with Gasteiger partial charge < -0.3 is 15.7 Å². The van der Waals surface area contributed by atoms with Crippen LogP contribution in [-0.4, -0.2) is 11.1 Å². The first-order valence-electron chi connectivity index (χ1n) is 5.27. The first kappa shape index (κ1) is 12.7. The molecule has 0 aromatic heterocycles. The monoisotopic (exact) mass is 354 g/mol. The van der Waals surface area contributed by atoms with Crippen LogP contribution in [0.5, 0.6) is 5.75 Å². The number of hydrogen-bond acceptors (Lipinski definition) is 2. The van der Waals surface area contributed by atoms with Crippen LogP contribution in [0.4, 0.5) is 16.2 Å². The summed E-state index contributed by atoms with van der Waals surface area (Å²) in [5.41, 5.74) is 1.10. The summed E-state index contributed by atoms with van der Waals surface area (Å²) in [7, 11) is 0. The molecule has 5 heteroatoms. The molecule has 92 valence electrons. The number of para-hydroxylation sites is 3. The summed E-state index contributed by atoms with van der Waals surface area (Å²) in [6, 6.07) is 13.6. The minimum atomic E-state index is -0.388. The van der Waals surface area contributed by atoms with Crippen molar-refractivity contribution in [1.29, 1.82) is 0 Å². The van der Waals surface area contributed by atoms with Crippen LogP contribution in [-0.2, 0) is 0 Å². The molecule has 0 bridgehead atoms. The van der Waals surface area contributed by atoms with Crippen LogP contribution in [0.25, 0.3) is 0 Å². The molecule has 3 N–H and O–H groups in total. The molecule has 0 radical (unpaired) electrons. The number of nitrogens with one attached hydrogen (secondary N) is 2. The van der Waals surface area contributed by atoms with E-state index in [1.54, 1.807) is 18.2 Å². The minimum absolute atomic E-state index is 0.0374. The highest BCUT2D eigenvalue weighted by Crippen LogP contribution is 2.22. The Balaban J connectivity index is 2.06. The van der Waals surface area contributed by atoms with Crippen molar-refractivity contribution in [2.24, 2.45) is 0 Å². The summed E-state index contributed by atoms with van der Waals surface area (Å²) < 4.78 is 0.947. The van der Waals surface area contributed by atoms with E-state index in [0.29, 0.717) is 5.69 Å². The lowest BCUT2D eigenvalue weighted by molar-refractivity contribution is 0.262. The standard InChI is InChI=1S/C13H11IN2O2/c14-9-5-1-2-6-10(9)15-13(18)16-11-7-3-4-8-12(11)17/h1-8,17H,(H2,15,16,18). The van der Waals surface area contributed by atoms with E-state index in [2.05, 4.69) is 33.2 Å². The molecule has 18 heavy (non-hydrogen) atoms. The molecule has 2 aromatic carbocycles. The van der Waals surface area contributed by atoms with Gasteiger partial charge in [0.1, 0.15) is 5.75 Å². The number of aromatic hydroxyl groups is 1. The highest BCUT2D eigenvalue weighted by molar-refractivity contribution is 14.1. The number of amides is 2. The second-order valence-corrected chi connectivity index (χ2v) is 4.74. The van der Waals surface area contributed by atoms with Gasteiger partial charge in [0.15, 0.2) is 0 Å². The van der Waals surface area contributed by atoms with Crippen LogP contribution in [0.1, 0.15) is 0 Å². The number of phenols is 1. The molecule has 0 saturated heterocycles. The highest BCUT2D eigenvalue weighted by atomic mass is 127. The number of halogens is 1. The lowest BCUT2D eigenvalue weighted by Crippen LogP contribution is -2.19. The summed E-state index contributed by atoms with van der Waals surface area (Å²) in [5, 5.41) is 14.8. The highest BCUT2D eigenvalue weighted by Gasteiger charge is 2.07. The van der Waals surface area contributed by atoms with Crippen LogP contribution < -0.4 is 10.6 Å². The molecule has 0 spiro atoms. The molecule has 0 fully saturated rings. The lowest BCUT2D eigenvalue weighted by atomic mass is 10.3. The topological polar surface area (TPSA) is 61.4 Å². The second kappa shape index (κ2) is 5.72. The zero-order valence-corrected chi connectivity index (χ0v) is 11.5. The molecular formula is C13H11IN2O2. The van der Waals surface area contributed by atoms with Crippen molar-refractivity contribution < 1.29 is 9.90 Å². The van der Waals surface area contributed by atoms with Gasteiger partial charge in [-0.3, -0.25) is 0 Å². The molecule has 0 heterocycles. The molecule has 2 aromatic rings. The van der Waals surface area contributed by atoms with Crippen LogP contribution in [0.15, 0.2) is 48.5 Å². The largest absolute Gasteiger partial charge is 0.506 e. The quantitative estimate of drug-likeness (QED) is 0.570. The zero-order chi connectivity index (χ0) is 13.0. The van der Waals surface area contributed by atoms with Crippen molar-refractivity contribution >= 4 is 40.0 Å². The minimum Gasteiger partial charge on any atom is -0.506 e. The fourth-order valence-electron chi connectivity index (χ4n) is 1.42. The Kier molecular flexibility index (Phi) is 4.03. The molecule has 0 saturated carbocycles. The number of carbonyl (C=O) groups is 1. The van der Waals surface area contributed by atoms with Gasteiger partial charge in [0.25, 0.3) is 0 Å². The Bertz CT molecular complexity index is 523. The van der Waals surface area contributed by atoms with Crippen LogP contribution in [0.3, 0.4) is 0 Å². The van der Waals surface area contributed by atoms with Crippen LogP contribution in [0.2, 0.25) is 0 Å². The Morgan fingerprint density at radius 3 is 2.17 bits per heavy atom.